The van der Waals surface area contributed by atoms with Crippen LogP contribution in [0.5, 0.6) is 0 Å². The Bertz CT molecular complexity index is 209. The zero-order chi connectivity index (χ0) is 7.56. The predicted molar refractivity (Wildman–Crippen MR) is 44.0 cm³/mol. The van der Waals surface area contributed by atoms with Crippen LogP contribution in [0.1, 0.15) is 18.5 Å². The van der Waals surface area contributed by atoms with E-state index in [0.29, 0.717) is 17.6 Å². The van der Waals surface area contributed by atoms with Crippen molar-refractivity contribution in [3.8, 4) is 0 Å². The van der Waals surface area contributed by atoms with Gasteiger partial charge in [0.05, 0.1) is 5.69 Å². The van der Waals surface area contributed by atoms with Gasteiger partial charge in [0.25, 0.3) is 0 Å². The van der Waals surface area contributed by atoms with Gasteiger partial charge in [-0.05, 0) is 0 Å². The van der Waals surface area contributed by atoms with Crippen molar-refractivity contribution in [2.75, 3.05) is 12.3 Å². The van der Waals surface area contributed by atoms with Crippen LogP contribution >= 0.6 is 11.3 Å². The molecule has 0 amide bonds. The summed E-state index contributed by atoms with van der Waals surface area (Å²) in [7, 11) is 0. The van der Waals surface area contributed by atoms with E-state index in [1.165, 1.54) is 11.3 Å². The van der Waals surface area contributed by atoms with Crippen molar-refractivity contribution in [1.29, 1.82) is 0 Å². The Morgan fingerprint density at radius 3 is 2.90 bits per heavy atom. The first-order valence-electron chi connectivity index (χ1n) is 3.15. The Morgan fingerprint density at radius 1 is 1.80 bits per heavy atom. The molecule has 0 aromatic carbocycles. The van der Waals surface area contributed by atoms with Crippen molar-refractivity contribution in [3.63, 3.8) is 0 Å². The predicted octanol–water partition coefficient (Wildman–Crippen LogP) is 0.788. The third-order valence-electron chi connectivity index (χ3n) is 1.40. The molecule has 0 fully saturated rings. The van der Waals surface area contributed by atoms with Crippen LogP contribution in [0.3, 0.4) is 0 Å². The summed E-state index contributed by atoms with van der Waals surface area (Å²) in [5.41, 5.74) is 11.9. The second-order valence-electron chi connectivity index (χ2n) is 2.25. The molecule has 4 N–H and O–H groups in total. The Morgan fingerprint density at radius 2 is 2.50 bits per heavy atom. The highest BCUT2D eigenvalue weighted by Gasteiger charge is 2.05. The van der Waals surface area contributed by atoms with Gasteiger partial charge in [0.2, 0.25) is 0 Å². The first-order chi connectivity index (χ1) is 4.74. The summed E-state index contributed by atoms with van der Waals surface area (Å²) in [6.07, 6.45) is 0. The number of nitrogen functional groups attached to an aromatic ring is 1. The average molecular weight is 157 g/mol. The molecule has 4 heteroatoms. The van der Waals surface area contributed by atoms with Crippen molar-refractivity contribution < 1.29 is 0 Å². The van der Waals surface area contributed by atoms with Crippen LogP contribution in [0.2, 0.25) is 0 Å². The minimum atomic E-state index is 0.327. The quantitative estimate of drug-likeness (QED) is 0.667. The van der Waals surface area contributed by atoms with E-state index in [2.05, 4.69) is 4.98 Å². The molecule has 1 aromatic heterocycles. The van der Waals surface area contributed by atoms with Gasteiger partial charge >= 0.3 is 0 Å². The van der Waals surface area contributed by atoms with Crippen LogP contribution in [-0.4, -0.2) is 11.5 Å². The minimum Gasteiger partial charge on any atom is -0.375 e. The molecular weight excluding hydrogens is 146 g/mol. The molecule has 1 unspecified atom stereocenters. The van der Waals surface area contributed by atoms with E-state index in [4.69, 9.17) is 11.5 Å². The standard InChI is InChI=1S/C6H11N3S/c1-4(2-7)5-3-10-6(8)9-5/h3-4H,2,7H2,1H3,(H2,8,9). The molecule has 0 aliphatic heterocycles. The summed E-state index contributed by atoms with van der Waals surface area (Å²) >= 11 is 1.46. The molecule has 0 saturated carbocycles. The Balaban J connectivity index is 2.74. The van der Waals surface area contributed by atoms with Gasteiger partial charge in [-0.2, -0.15) is 0 Å². The Labute approximate surface area is 64.1 Å². The van der Waals surface area contributed by atoms with Gasteiger partial charge in [-0.15, -0.1) is 11.3 Å². The number of nitrogens with two attached hydrogens (primary N) is 2. The fourth-order valence-electron chi connectivity index (χ4n) is 0.648. The topological polar surface area (TPSA) is 64.9 Å². The highest BCUT2D eigenvalue weighted by Crippen LogP contribution is 2.18. The molecule has 1 atom stereocenters. The normalized spacial score (nSPS) is 13.4. The maximum absolute atomic E-state index is 5.44. The fraction of sp³-hybridized carbons (Fsp3) is 0.500. The highest BCUT2D eigenvalue weighted by atomic mass is 32.1. The molecule has 0 radical (unpaired) electrons. The number of hydrogen-bond acceptors (Lipinski definition) is 4. The maximum atomic E-state index is 5.44. The summed E-state index contributed by atoms with van der Waals surface area (Å²) in [6.45, 7) is 2.66. The third-order valence-corrected chi connectivity index (χ3v) is 2.09. The van der Waals surface area contributed by atoms with Gasteiger partial charge in [0, 0.05) is 17.8 Å². The van der Waals surface area contributed by atoms with Crippen LogP contribution in [-0.2, 0) is 0 Å². The number of hydrogen-bond donors (Lipinski definition) is 2. The van der Waals surface area contributed by atoms with Crippen molar-refractivity contribution in [2.24, 2.45) is 5.73 Å². The number of thiazole rings is 1. The second-order valence-corrected chi connectivity index (χ2v) is 3.14. The molecule has 1 rings (SSSR count). The van der Waals surface area contributed by atoms with E-state index in [-0.39, 0.29) is 0 Å². The van der Waals surface area contributed by atoms with Gasteiger partial charge in [0.1, 0.15) is 0 Å². The zero-order valence-corrected chi connectivity index (χ0v) is 6.69. The van der Waals surface area contributed by atoms with Crippen molar-refractivity contribution >= 4 is 16.5 Å². The first-order valence-corrected chi connectivity index (χ1v) is 4.03. The Hall–Kier alpha value is -0.610. The largest absolute Gasteiger partial charge is 0.375 e. The van der Waals surface area contributed by atoms with Crippen LogP contribution < -0.4 is 11.5 Å². The lowest BCUT2D eigenvalue weighted by Gasteiger charge is -2.01. The molecule has 0 aliphatic rings. The van der Waals surface area contributed by atoms with Gasteiger partial charge in [0.15, 0.2) is 5.13 Å². The zero-order valence-electron chi connectivity index (χ0n) is 5.87. The lowest BCUT2D eigenvalue weighted by Crippen LogP contribution is -2.09. The van der Waals surface area contributed by atoms with E-state index in [9.17, 15) is 0 Å². The van der Waals surface area contributed by atoms with E-state index in [1.54, 1.807) is 0 Å². The van der Waals surface area contributed by atoms with E-state index < -0.39 is 0 Å². The SMILES string of the molecule is CC(CN)c1csc(N)n1. The maximum Gasteiger partial charge on any atom is 0.180 e. The average Bonchev–Trinajstić information content (AvgIpc) is 2.34. The molecule has 0 saturated heterocycles. The van der Waals surface area contributed by atoms with Gasteiger partial charge in [-0.3, -0.25) is 0 Å². The summed E-state index contributed by atoms with van der Waals surface area (Å²) < 4.78 is 0. The van der Waals surface area contributed by atoms with Crippen molar-refractivity contribution in [1.82, 2.24) is 4.98 Å². The minimum absolute atomic E-state index is 0.327. The summed E-state index contributed by atoms with van der Waals surface area (Å²) in [5.74, 6) is 0.327. The van der Waals surface area contributed by atoms with E-state index in [0.717, 1.165) is 5.69 Å². The van der Waals surface area contributed by atoms with Crippen LogP contribution in [0, 0.1) is 0 Å². The molecule has 0 bridgehead atoms. The number of aromatic nitrogens is 1. The van der Waals surface area contributed by atoms with Crippen molar-refractivity contribution in [3.05, 3.63) is 11.1 Å². The molecule has 0 spiro atoms. The van der Waals surface area contributed by atoms with Crippen LogP contribution in [0.15, 0.2) is 5.38 Å². The Kier molecular flexibility index (Phi) is 2.24. The molecule has 10 heavy (non-hydrogen) atoms. The summed E-state index contributed by atoms with van der Waals surface area (Å²) in [5, 5.41) is 2.57. The summed E-state index contributed by atoms with van der Waals surface area (Å²) in [4.78, 5) is 4.10. The highest BCUT2D eigenvalue weighted by molar-refractivity contribution is 7.13. The van der Waals surface area contributed by atoms with Gasteiger partial charge in [-0.1, -0.05) is 6.92 Å². The molecule has 56 valence electrons. The van der Waals surface area contributed by atoms with Crippen molar-refractivity contribution in [2.45, 2.75) is 12.8 Å². The summed E-state index contributed by atoms with van der Waals surface area (Å²) in [6, 6.07) is 0. The smallest absolute Gasteiger partial charge is 0.180 e. The lowest BCUT2D eigenvalue weighted by atomic mass is 10.1. The van der Waals surface area contributed by atoms with Crippen LogP contribution in [0.4, 0.5) is 5.13 Å². The van der Waals surface area contributed by atoms with Crippen LogP contribution in [0.25, 0.3) is 0 Å². The molecule has 1 aromatic rings. The molecule has 1 heterocycles. The van der Waals surface area contributed by atoms with Gasteiger partial charge in [-0.25, -0.2) is 4.98 Å². The monoisotopic (exact) mass is 157 g/mol. The first kappa shape index (κ1) is 7.50. The molecule has 3 nitrogen and oxygen atoms in total. The molecular formula is C6H11N3S. The molecule has 0 aliphatic carbocycles. The lowest BCUT2D eigenvalue weighted by molar-refractivity contribution is 0.753. The number of rotatable bonds is 2. The third kappa shape index (κ3) is 1.46. The van der Waals surface area contributed by atoms with Gasteiger partial charge < -0.3 is 11.5 Å². The fourth-order valence-corrected chi connectivity index (χ4v) is 1.33. The number of anilines is 1. The second kappa shape index (κ2) is 2.98. The van der Waals surface area contributed by atoms with E-state index >= 15 is 0 Å². The van der Waals surface area contributed by atoms with E-state index in [1.807, 2.05) is 12.3 Å². The number of nitrogens with zero attached hydrogens (tertiary/aromatic N) is 1.